The standard InChI is InChI=1S/C16H17NO2/c1-2-12-9-18-10-13(12)7-11(1)16-6-5-15(19-16)8-17-14-3-4-14/h1-2,5-7,14,17H,3-4,8-10H2. The predicted octanol–water partition coefficient (Wildman–Crippen LogP) is 3.23. The van der Waals surface area contributed by atoms with Crippen LogP contribution in [-0.2, 0) is 24.5 Å². The smallest absolute Gasteiger partial charge is 0.134 e. The van der Waals surface area contributed by atoms with Crippen molar-refractivity contribution in [1.29, 1.82) is 0 Å². The summed E-state index contributed by atoms with van der Waals surface area (Å²) in [4.78, 5) is 0. The first kappa shape index (κ1) is 11.3. The molecule has 1 saturated carbocycles. The van der Waals surface area contributed by atoms with Crippen LogP contribution in [0.3, 0.4) is 0 Å². The largest absolute Gasteiger partial charge is 0.460 e. The van der Waals surface area contributed by atoms with Gasteiger partial charge in [0.25, 0.3) is 0 Å². The quantitative estimate of drug-likeness (QED) is 0.910. The first-order valence-electron chi connectivity index (χ1n) is 6.90. The van der Waals surface area contributed by atoms with E-state index in [2.05, 4.69) is 35.6 Å². The SMILES string of the molecule is c1cc2c(cc1-c1ccc(CNC3CC3)o1)COC2. The Hall–Kier alpha value is -1.58. The minimum Gasteiger partial charge on any atom is -0.460 e. The van der Waals surface area contributed by atoms with E-state index < -0.39 is 0 Å². The van der Waals surface area contributed by atoms with Gasteiger partial charge in [0.1, 0.15) is 11.5 Å². The highest BCUT2D eigenvalue weighted by Crippen LogP contribution is 2.28. The van der Waals surface area contributed by atoms with E-state index in [4.69, 9.17) is 9.15 Å². The van der Waals surface area contributed by atoms with Gasteiger partial charge in [0.15, 0.2) is 0 Å². The molecule has 19 heavy (non-hydrogen) atoms. The molecule has 0 saturated heterocycles. The number of fused-ring (bicyclic) bond motifs is 1. The first-order valence-corrected chi connectivity index (χ1v) is 6.90. The van der Waals surface area contributed by atoms with Gasteiger partial charge in [-0.15, -0.1) is 0 Å². The number of nitrogens with one attached hydrogen (secondary N) is 1. The molecule has 4 rings (SSSR count). The normalized spacial score (nSPS) is 17.7. The number of benzene rings is 1. The van der Waals surface area contributed by atoms with Crippen LogP contribution in [0.4, 0.5) is 0 Å². The van der Waals surface area contributed by atoms with Crippen LogP contribution in [0.15, 0.2) is 34.7 Å². The second-order valence-corrected chi connectivity index (χ2v) is 5.40. The third kappa shape index (κ3) is 2.31. The van der Waals surface area contributed by atoms with Crippen molar-refractivity contribution in [2.24, 2.45) is 0 Å². The van der Waals surface area contributed by atoms with E-state index in [9.17, 15) is 0 Å². The molecular weight excluding hydrogens is 238 g/mol. The number of rotatable bonds is 4. The number of hydrogen-bond acceptors (Lipinski definition) is 3. The molecule has 0 bridgehead atoms. The van der Waals surface area contributed by atoms with Crippen LogP contribution in [0.5, 0.6) is 0 Å². The van der Waals surface area contributed by atoms with E-state index >= 15 is 0 Å². The van der Waals surface area contributed by atoms with Crippen molar-refractivity contribution < 1.29 is 9.15 Å². The fourth-order valence-corrected chi connectivity index (χ4v) is 2.49. The lowest BCUT2D eigenvalue weighted by atomic mass is 10.1. The molecule has 0 radical (unpaired) electrons. The zero-order valence-electron chi connectivity index (χ0n) is 10.8. The van der Waals surface area contributed by atoms with Gasteiger partial charge in [-0.3, -0.25) is 0 Å². The zero-order chi connectivity index (χ0) is 12.7. The molecule has 1 N–H and O–H groups in total. The molecule has 0 spiro atoms. The van der Waals surface area contributed by atoms with E-state index in [1.165, 1.54) is 24.0 Å². The summed E-state index contributed by atoms with van der Waals surface area (Å²) in [5, 5.41) is 3.47. The minimum atomic E-state index is 0.714. The van der Waals surface area contributed by atoms with Gasteiger partial charge in [-0.25, -0.2) is 0 Å². The third-order valence-corrected chi connectivity index (χ3v) is 3.81. The average Bonchev–Trinajstić information content (AvgIpc) is 2.96. The van der Waals surface area contributed by atoms with Crippen molar-refractivity contribution in [2.75, 3.05) is 0 Å². The van der Waals surface area contributed by atoms with Crippen LogP contribution in [-0.4, -0.2) is 6.04 Å². The Morgan fingerprint density at radius 3 is 2.84 bits per heavy atom. The Kier molecular flexibility index (Phi) is 2.67. The second-order valence-electron chi connectivity index (χ2n) is 5.40. The van der Waals surface area contributed by atoms with Crippen LogP contribution < -0.4 is 5.32 Å². The van der Waals surface area contributed by atoms with E-state index in [0.717, 1.165) is 36.8 Å². The lowest BCUT2D eigenvalue weighted by Gasteiger charge is -2.02. The maximum Gasteiger partial charge on any atom is 0.134 e. The van der Waals surface area contributed by atoms with Gasteiger partial charge in [0.2, 0.25) is 0 Å². The van der Waals surface area contributed by atoms with E-state index in [1.54, 1.807) is 0 Å². The van der Waals surface area contributed by atoms with Crippen LogP contribution in [0.25, 0.3) is 11.3 Å². The topological polar surface area (TPSA) is 34.4 Å². The minimum absolute atomic E-state index is 0.714. The van der Waals surface area contributed by atoms with E-state index in [-0.39, 0.29) is 0 Å². The Labute approximate surface area is 112 Å². The molecule has 3 nitrogen and oxygen atoms in total. The van der Waals surface area contributed by atoms with Crippen molar-refractivity contribution in [3.63, 3.8) is 0 Å². The van der Waals surface area contributed by atoms with Gasteiger partial charge in [0, 0.05) is 11.6 Å². The highest BCUT2D eigenvalue weighted by Gasteiger charge is 2.20. The highest BCUT2D eigenvalue weighted by atomic mass is 16.5. The van der Waals surface area contributed by atoms with Gasteiger partial charge >= 0.3 is 0 Å². The van der Waals surface area contributed by atoms with Gasteiger partial charge in [0.05, 0.1) is 19.8 Å². The summed E-state index contributed by atoms with van der Waals surface area (Å²) in [5.41, 5.74) is 3.72. The fourth-order valence-electron chi connectivity index (χ4n) is 2.49. The van der Waals surface area contributed by atoms with Gasteiger partial charge in [-0.1, -0.05) is 12.1 Å². The van der Waals surface area contributed by atoms with Gasteiger partial charge < -0.3 is 14.5 Å². The summed E-state index contributed by atoms with van der Waals surface area (Å²) in [7, 11) is 0. The lowest BCUT2D eigenvalue weighted by molar-refractivity contribution is 0.134. The molecular formula is C16H17NO2. The molecule has 2 aliphatic rings. The first-order chi connectivity index (χ1) is 9.38. The monoisotopic (exact) mass is 255 g/mol. The summed E-state index contributed by atoms with van der Waals surface area (Å²) in [6.45, 7) is 2.29. The van der Waals surface area contributed by atoms with Crippen LogP contribution in [0.1, 0.15) is 29.7 Å². The molecule has 0 unspecified atom stereocenters. The molecule has 3 heteroatoms. The molecule has 2 aromatic rings. The molecule has 1 aromatic heterocycles. The van der Waals surface area contributed by atoms with Crippen molar-refractivity contribution in [1.82, 2.24) is 5.32 Å². The Balaban J connectivity index is 1.54. The molecule has 98 valence electrons. The average molecular weight is 255 g/mol. The molecule has 1 aromatic carbocycles. The molecule has 2 heterocycles. The Bertz CT molecular complexity index is 599. The Morgan fingerprint density at radius 1 is 1.05 bits per heavy atom. The highest BCUT2D eigenvalue weighted by molar-refractivity contribution is 5.60. The van der Waals surface area contributed by atoms with Gasteiger partial charge in [-0.05, 0) is 42.2 Å². The lowest BCUT2D eigenvalue weighted by Crippen LogP contribution is -2.14. The summed E-state index contributed by atoms with van der Waals surface area (Å²) in [6, 6.07) is 11.3. The van der Waals surface area contributed by atoms with Crippen LogP contribution in [0, 0.1) is 0 Å². The third-order valence-electron chi connectivity index (χ3n) is 3.81. The molecule has 0 amide bonds. The number of furan rings is 1. The molecule has 1 fully saturated rings. The van der Waals surface area contributed by atoms with E-state index in [0.29, 0.717) is 6.04 Å². The number of hydrogen-bond donors (Lipinski definition) is 1. The van der Waals surface area contributed by atoms with Crippen molar-refractivity contribution >= 4 is 0 Å². The van der Waals surface area contributed by atoms with Crippen LogP contribution >= 0.6 is 0 Å². The fraction of sp³-hybridized carbons (Fsp3) is 0.375. The van der Waals surface area contributed by atoms with Crippen molar-refractivity contribution in [3.8, 4) is 11.3 Å². The van der Waals surface area contributed by atoms with Crippen LogP contribution in [0.2, 0.25) is 0 Å². The second kappa shape index (κ2) is 4.51. The maximum absolute atomic E-state index is 5.90. The van der Waals surface area contributed by atoms with Crippen molar-refractivity contribution in [2.45, 2.75) is 38.6 Å². The molecule has 1 aliphatic carbocycles. The molecule has 1 aliphatic heterocycles. The maximum atomic E-state index is 5.90. The summed E-state index contributed by atoms with van der Waals surface area (Å²) in [6.07, 6.45) is 2.61. The zero-order valence-corrected chi connectivity index (χ0v) is 10.8. The summed E-state index contributed by atoms with van der Waals surface area (Å²) < 4.78 is 11.3. The molecule has 0 atom stereocenters. The summed E-state index contributed by atoms with van der Waals surface area (Å²) in [5.74, 6) is 1.96. The van der Waals surface area contributed by atoms with E-state index in [1.807, 2.05) is 0 Å². The van der Waals surface area contributed by atoms with Gasteiger partial charge in [-0.2, -0.15) is 0 Å². The number of ether oxygens (including phenoxy) is 1. The summed E-state index contributed by atoms with van der Waals surface area (Å²) >= 11 is 0. The van der Waals surface area contributed by atoms with Crippen molar-refractivity contribution in [3.05, 3.63) is 47.2 Å². The predicted molar refractivity (Wildman–Crippen MR) is 72.5 cm³/mol. The Morgan fingerprint density at radius 2 is 1.95 bits per heavy atom.